The van der Waals surface area contributed by atoms with E-state index in [1.54, 1.807) is 11.8 Å². The monoisotopic (exact) mass is 388 g/mol. The van der Waals surface area contributed by atoms with Crippen molar-refractivity contribution in [2.75, 3.05) is 25.5 Å². The van der Waals surface area contributed by atoms with Crippen LogP contribution in [-0.2, 0) is 15.4 Å². The summed E-state index contributed by atoms with van der Waals surface area (Å²) >= 11 is 0. The number of nitrogens with zero attached hydrogens (tertiary/aromatic N) is 2. The van der Waals surface area contributed by atoms with Gasteiger partial charge in [0.1, 0.15) is 10.7 Å². The first-order valence-corrected chi connectivity index (χ1v) is 10.6. The molecule has 0 bridgehead atoms. The van der Waals surface area contributed by atoms with Gasteiger partial charge in [0, 0.05) is 37.8 Å². The summed E-state index contributed by atoms with van der Waals surface area (Å²) in [5.74, 6) is 0.0161. The predicted molar refractivity (Wildman–Crippen MR) is 103 cm³/mol. The Labute approximate surface area is 159 Å². The molecule has 2 heterocycles. The number of hydrogen-bond donors (Lipinski definition) is 0. The Hall–Kier alpha value is -2.12. The van der Waals surface area contributed by atoms with Crippen molar-refractivity contribution in [2.24, 2.45) is 0 Å². The summed E-state index contributed by atoms with van der Waals surface area (Å²) in [4.78, 5) is 15.0. The van der Waals surface area contributed by atoms with Gasteiger partial charge in [0.25, 0.3) is 5.91 Å². The standard InChI is InChI=1S/C20H24N2O4S/c1-14-18(27(24,25)21(2)3)12-17(26-14)19(23)22-13-20(10-6-7-11-20)15-8-4-5-9-16(15)22/h4-5,8-9,12H,6-7,10-11,13H2,1-3H3. The summed E-state index contributed by atoms with van der Waals surface area (Å²) in [7, 11) is -0.733. The average molecular weight is 388 g/mol. The molecule has 144 valence electrons. The Morgan fingerprint density at radius 3 is 2.52 bits per heavy atom. The zero-order chi connectivity index (χ0) is 19.4. The summed E-state index contributed by atoms with van der Waals surface area (Å²) in [5.41, 5.74) is 2.16. The van der Waals surface area contributed by atoms with E-state index >= 15 is 0 Å². The van der Waals surface area contributed by atoms with Crippen molar-refractivity contribution in [1.29, 1.82) is 0 Å². The van der Waals surface area contributed by atoms with E-state index in [-0.39, 0.29) is 27.7 Å². The minimum atomic E-state index is -3.66. The third kappa shape index (κ3) is 2.72. The highest BCUT2D eigenvalue weighted by Crippen LogP contribution is 2.50. The van der Waals surface area contributed by atoms with Crippen molar-refractivity contribution in [3.05, 3.63) is 47.4 Å². The van der Waals surface area contributed by atoms with Crippen LogP contribution in [0.2, 0.25) is 0 Å². The van der Waals surface area contributed by atoms with Crippen molar-refractivity contribution in [2.45, 2.75) is 42.9 Å². The Kier molecular flexibility index (Phi) is 4.20. The quantitative estimate of drug-likeness (QED) is 0.809. The van der Waals surface area contributed by atoms with E-state index in [9.17, 15) is 13.2 Å². The number of carbonyl (C=O) groups is 1. The number of furan rings is 1. The fraction of sp³-hybridized carbons (Fsp3) is 0.450. The average Bonchev–Trinajstić information content (AvgIpc) is 3.34. The number of anilines is 1. The highest BCUT2D eigenvalue weighted by atomic mass is 32.2. The van der Waals surface area contributed by atoms with E-state index in [1.165, 1.54) is 38.6 Å². The molecule has 6 nitrogen and oxygen atoms in total. The van der Waals surface area contributed by atoms with E-state index in [4.69, 9.17) is 4.42 Å². The van der Waals surface area contributed by atoms with Gasteiger partial charge in [-0.05, 0) is 31.4 Å². The number of sulfonamides is 1. The zero-order valence-corrected chi connectivity index (χ0v) is 16.7. The lowest BCUT2D eigenvalue weighted by molar-refractivity contribution is 0.0957. The molecule has 1 aliphatic heterocycles. The molecule has 2 aromatic rings. The van der Waals surface area contributed by atoms with Crippen LogP contribution in [0.3, 0.4) is 0 Å². The minimum absolute atomic E-state index is 0.0203. The van der Waals surface area contributed by atoms with Gasteiger partial charge in [-0.2, -0.15) is 0 Å². The summed E-state index contributed by atoms with van der Waals surface area (Å²) in [6.45, 7) is 2.20. The lowest BCUT2D eigenvalue weighted by Crippen LogP contribution is -2.35. The number of amides is 1. The molecule has 0 unspecified atom stereocenters. The van der Waals surface area contributed by atoms with Crippen molar-refractivity contribution >= 4 is 21.6 Å². The topological polar surface area (TPSA) is 70.8 Å². The van der Waals surface area contributed by atoms with Crippen LogP contribution in [0.5, 0.6) is 0 Å². The number of rotatable bonds is 3. The van der Waals surface area contributed by atoms with Gasteiger partial charge >= 0.3 is 0 Å². The van der Waals surface area contributed by atoms with Gasteiger partial charge < -0.3 is 9.32 Å². The van der Waals surface area contributed by atoms with Gasteiger partial charge in [-0.25, -0.2) is 12.7 Å². The molecular weight excluding hydrogens is 364 g/mol. The van der Waals surface area contributed by atoms with Gasteiger partial charge in [0.15, 0.2) is 5.76 Å². The first-order valence-electron chi connectivity index (χ1n) is 9.21. The number of fused-ring (bicyclic) bond motifs is 2. The second kappa shape index (κ2) is 6.21. The van der Waals surface area contributed by atoms with E-state index < -0.39 is 10.0 Å². The molecule has 1 aliphatic carbocycles. The maximum absolute atomic E-state index is 13.2. The van der Waals surface area contributed by atoms with Crippen LogP contribution >= 0.6 is 0 Å². The van der Waals surface area contributed by atoms with Crippen LogP contribution in [0, 0.1) is 6.92 Å². The molecule has 1 fully saturated rings. The van der Waals surface area contributed by atoms with E-state index in [2.05, 4.69) is 6.07 Å². The van der Waals surface area contributed by atoms with Crippen LogP contribution < -0.4 is 4.90 Å². The van der Waals surface area contributed by atoms with E-state index in [1.807, 2.05) is 18.2 Å². The number of para-hydroxylation sites is 1. The Balaban J connectivity index is 1.73. The fourth-order valence-corrected chi connectivity index (χ4v) is 5.50. The van der Waals surface area contributed by atoms with Crippen LogP contribution in [0.1, 0.15) is 47.6 Å². The van der Waals surface area contributed by atoms with Crippen LogP contribution in [0.15, 0.2) is 39.6 Å². The minimum Gasteiger partial charge on any atom is -0.455 e. The number of hydrogen-bond acceptors (Lipinski definition) is 4. The molecule has 0 saturated heterocycles. The largest absolute Gasteiger partial charge is 0.455 e. The fourth-order valence-electron chi connectivity index (χ4n) is 4.45. The van der Waals surface area contributed by atoms with Crippen LogP contribution in [0.25, 0.3) is 0 Å². The van der Waals surface area contributed by atoms with Crippen molar-refractivity contribution in [1.82, 2.24) is 4.31 Å². The van der Waals surface area contributed by atoms with Crippen molar-refractivity contribution < 1.29 is 17.6 Å². The Morgan fingerprint density at radius 2 is 1.85 bits per heavy atom. The molecule has 1 saturated carbocycles. The highest BCUT2D eigenvalue weighted by Gasteiger charge is 2.46. The molecule has 0 radical (unpaired) electrons. The first kappa shape index (κ1) is 18.3. The molecule has 1 spiro atoms. The first-order chi connectivity index (χ1) is 12.8. The predicted octanol–water partition coefficient (Wildman–Crippen LogP) is 3.31. The summed E-state index contributed by atoms with van der Waals surface area (Å²) in [5, 5.41) is 0. The normalized spacial score (nSPS) is 18.4. The van der Waals surface area contributed by atoms with Crippen molar-refractivity contribution in [3.63, 3.8) is 0 Å². The van der Waals surface area contributed by atoms with Gasteiger partial charge in [-0.3, -0.25) is 4.79 Å². The summed E-state index contributed by atoms with van der Waals surface area (Å²) < 4.78 is 31.6. The molecule has 0 N–H and O–H groups in total. The van der Waals surface area contributed by atoms with Crippen LogP contribution in [0.4, 0.5) is 5.69 Å². The number of carbonyl (C=O) groups excluding carboxylic acids is 1. The molecule has 2 aliphatic rings. The van der Waals surface area contributed by atoms with Gasteiger partial charge in [0.05, 0.1) is 0 Å². The van der Waals surface area contributed by atoms with E-state index in [0.29, 0.717) is 6.54 Å². The van der Waals surface area contributed by atoms with Gasteiger partial charge in [0.2, 0.25) is 10.0 Å². The molecule has 27 heavy (non-hydrogen) atoms. The highest BCUT2D eigenvalue weighted by molar-refractivity contribution is 7.89. The lowest BCUT2D eigenvalue weighted by atomic mass is 9.81. The van der Waals surface area contributed by atoms with Gasteiger partial charge in [-0.1, -0.05) is 31.0 Å². The zero-order valence-electron chi connectivity index (χ0n) is 15.9. The Morgan fingerprint density at radius 1 is 1.19 bits per heavy atom. The summed E-state index contributed by atoms with van der Waals surface area (Å²) in [6.07, 6.45) is 4.49. The van der Waals surface area contributed by atoms with E-state index in [0.717, 1.165) is 22.8 Å². The Bertz CT molecular complexity index is 1000. The molecule has 7 heteroatoms. The smallest absolute Gasteiger partial charge is 0.294 e. The second-order valence-electron chi connectivity index (χ2n) is 7.71. The van der Waals surface area contributed by atoms with Crippen molar-refractivity contribution in [3.8, 4) is 0 Å². The molecule has 4 rings (SSSR count). The second-order valence-corrected chi connectivity index (χ2v) is 9.83. The number of aryl methyl sites for hydroxylation is 1. The number of benzene rings is 1. The third-order valence-corrected chi connectivity index (χ3v) is 7.80. The lowest BCUT2D eigenvalue weighted by Gasteiger charge is -2.24. The SMILES string of the molecule is Cc1oc(C(=O)N2CC3(CCCC3)c3ccccc32)cc1S(=O)(=O)N(C)C. The van der Waals surface area contributed by atoms with Gasteiger partial charge in [-0.15, -0.1) is 0 Å². The van der Waals surface area contributed by atoms with Crippen LogP contribution in [-0.4, -0.2) is 39.3 Å². The maximum atomic E-state index is 13.2. The summed E-state index contributed by atoms with van der Waals surface area (Å²) in [6, 6.07) is 9.39. The molecular formula is C20H24N2O4S. The molecule has 1 aromatic carbocycles. The third-order valence-electron chi connectivity index (χ3n) is 5.87. The molecule has 1 amide bonds. The maximum Gasteiger partial charge on any atom is 0.294 e. The molecule has 1 aromatic heterocycles. The molecule has 0 atom stereocenters.